The van der Waals surface area contributed by atoms with Crippen LogP contribution in [0.2, 0.25) is 0 Å². The van der Waals surface area contributed by atoms with Gasteiger partial charge in [0.25, 0.3) is 0 Å². The molecule has 2 aromatic carbocycles. The number of anilines is 3. The van der Waals surface area contributed by atoms with E-state index in [-0.39, 0.29) is 5.82 Å². The molecule has 1 aromatic heterocycles. The molecule has 3 aromatic rings. The molecule has 7 heteroatoms. The fourth-order valence-electron chi connectivity index (χ4n) is 3.52. The average molecular weight is 393 g/mol. The Morgan fingerprint density at radius 3 is 2.48 bits per heavy atom. The molecule has 1 saturated heterocycles. The zero-order valence-electron chi connectivity index (χ0n) is 16.4. The topological polar surface area (TPSA) is 53.5 Å². The molecule has 0 radical (unpaired) electrons. The van der Waals surface area contributed by atoms with Gasteiger partial charge in [0, 0.05) is 44.5 Å². The first-order valence-corrected chi connectivity index (χ1v) is 9.68. The van der Waals surface area contributed by atoms with E-state index in [9.17, 15) is 4.39 Å². The Morgan fingerprint density at radius 1 is 0.966 bits per heavy atom. The van der Waals surface area contributed by atoms with Crippen molar-refractivity contribution in [2.45, 2.75) is 6.54 Å². The summed E-state index contributed by atoms with van der Waals surface area (Å²) in [4.78, 5) is 13.3. The lowest BCUT2D eigenvalue weighted by Crippen LogP contribution is -2.47. The van der Waals surface area contributed by atoms with Crippen LogP contribution in [0.15, 0.2) is 60.8 Å². The van der Waals surface area contributed by atoms with Crippen LogP contribution in [-0.4, -0.2) is 43.3 Å². The number of hydrogen-bond donors (Lipinski definition) is 1. The van der Waals surface area contributed by atoms with Crippen molar-refractivity contribution in [2.24, 2.45) is 0 Å². The number of piperazine rings is 1. The largest absolute Gasteiger partial charge is 0.496 e. The van der Waals surface area contributed by atoms with Crippen LogP contribution < -0.4 is 19.9 Å². The number of nitrogens with one attached hydrogen (secondary N) is 1. The van der Waals surface area contributed by atoms with Crippen LogP contribution in [0.25, 0.3) is 0 Å². The van der Waals surface area contributed by atoms with Crippen LogP contribution in [0.5, 0.6) is 5.75 Å². The molecule has 0 spiro atoms. The summed E-state index contributed by atoms with van der Waals surface area (Å²) in [5, 5.41) is 3.27. The Bertz CT molecular complexity index is 959. The third-order valence-electron chi connectivity index (χ3n) is 5.07. The summed E-state index contributed by atoms with van der Waals surface area (Å²) in [6.07, 6.45) is 1.76. The number of halogens is 1. The predicted molar refractivity (Wildman–Crippen MR) is 113 cm³/mol. The van der Waals surface area contributed by atoms with E-state index in [0.29, 0.717) is 18.2 Å². The van der Waals surface area contributed by atoms with E-state index in [0.717, 1.165) is 43.3 Å². The van der Waals surface area contributed by atoms with Gasteiger partial charge < -0.3 is 19.9 Å². The molecule has 0 amide bonds. The predicted octanol–water partition coefficient (Wildman–Crippen LogP) is 3.56. The standard InChI is InChI=1S/C22H24FN5O/c1-29-20-9-5-2-6-17(20)16-25-22-24-11-10-21(26-22)28-14-12-27(13-15-28)19-8-4-3-7-18(19)23/h2-11H,12-16H2,1H3,(H,24,25,26). The summed E-state index contributed by atoms with van der Waals surface area (Å²) in [5.74, 6) is 2.10. The quantitative estimate of drug-likeness (QED) is 0.691. The molecule has 0 bridgehead atoms. The molecule has 29 heavy (non-hydrogen) atoms. The summed E-state index contributed by atoms with van der Waals surface area (Å²) in [5.41, 5.74) is 1.71. The highest BCUT2D eigenvalue weighted by Gasteiger charge is 2.20. The van der Waals surface area contributed by atoms with Gasteiger partial charge in [-0.2, -0.15) is 4.98 Å². The molecule has 4 rings (SSSR count). The highest BCUT2D eigenvalue weighted by atomic mass is 19.1. The normalized spacial score (nSPS) is 14.0. The van der Waals surface area contributed by atoms with Gasteiger partial charge in [-0.05, 0) is 24.3 Å². The summed E-state index contributed by atoms with van der Waals surface area (Å²) >= 11 is 0. The van der Waals surface area contributed by atoms with Gasteiger partial charge in [0.05, 0.1) is 12.8 Å². The van der Waals surface area contributed by atoms with Crippen LogP contribution in [0, 0.1) is 5.82 Å². The van der Waals surface area contributed by atoms with Crippen molar-refractivity contribution >= 4 is 17.5 Å². The summed E-state index contributed by atoms with van der Waals surface area (Å²) < 4.78 is 19.4. The minimum atomic E-state index is -0.175. The van der Waals surface area contributed by atoms with Crippen molar-refractivity contribution in [2.75, 3.05) is 48.4 Å². The van der Waals surface area contributed by atoms with Crippen molar-refractivity contribution < 1.29 is 9.13 Å². The SMILES string of the molecule is COc1ccccc1CNc1nccc(N2CCN(c3ccccc3F)CC2)n1. The van der Waals surface area contributed by atoms with Gasteiger partial charge in [-0.1, -0.05) is 30.3 Å². The number of para-hydroxylation sites is 2. The van der Waals surface area contributed by atoms with Gasteiger partial charge in [0.1, 0.15) is 17.4 Å². The molecule has 1 aliphatic rings. The van der Waals surface area contributed by atoms with Crippen molar-refractivity contribution in [3.8, 4) is 5.75 Å². The molecule has 6 nitrogen and oxygen atoms in total. The molecule has 1 fully saturated rings. The highest BCUT2D eigenvalue weighted by Crippen LogP contribution is 2.23. The van der Waals surface area contributed by atoms with Crippen LogP contribution in [-0.2, 0) is 6.54 Å². The molecule has 1 aliphatic heterocycles. The van der Waals surface area contributed by atoms with Crippen LogP contribution in [0.3, 0.4) is 0 Å². The molecule has 0 saturated carbocycles. The maximum absolute atomic E-state index is 14.0. The number of rotatable bonds is 6. The third kappa shape index (κ3) is 4.39. The monoisotopic (exact) mass is 393 g/mol. The first-order chi connectivity index (χ1) is 14.2. The summed E-state index contributed by atoms with van der Waals surface area (Å²) in [6.45, 7) is 3.62. The second-order valence-corrected chi connectivity index (χ2v) is 6.83. The van der Waals surface area contributed by atoms with Gasteiger partial charge in [0.15, 0.2) is 0 Å². The zero-order chi connectivity index (χ0) is 20.1. The van der Waals surface area contributed by atoms with Crippen LogP contribution in [0.1, 0.15) is 5.56 Å². The lowest BCUT2D eigenvalue weighted by Gasteiger charge is -2.36. The van der Waals surface area contributed by atoms with Gasteiger partial charge >= 0.3 is 0 Å². The van der Waals surface area contributed by atoms with E-state index in [4.69, 9.17) is 4.74 Å². The zero-order valence-corrected chi connectivity index (χ0v) is 16.4. The Balaban J connectivity index is 1.39. The van der Waals surface area contributed by atoms with E-state index in [2.05, 4.69) is 25.1 Å². The van der Waals surface area contributed by atoms with Gasteiger partial charge in [-0.3, -0.25) is 0 Å². The Labute approximate surface area is 170 Å². The molecule has 0 aliphatic carbocycles. The molecular weight excluding hydrogens is 369 g/mol. The van der Waals surface area contributed by atoms with Crippen LogP contribution in [0.4, 0.5) is 21.8 Å². The number of methoxy groups -OCH3 is 1. The summed E-state index contributed by atoms with van der Waals surface area (Å²) in [7, 11) is 1.66. The Kier molecular flexibility index (Phi) is 5.74. The van der Waals surface area contributed by atoms with Crippen molar-refractivity contribution in [1.29, 1.82) is 0 Å². The maximum atomic E-state index is 14.0. The number of aromatic nitrogens is 2. The van der Waals surface area contributed by atoms with Gasteiger partial charge in [-0.15, -0.1) is 0 Å². The minimum Gasteiger partial charge on any atom is -0.496 e. The first kappa shape index (κ1) is 19.0. The van der Waals surface area contributed by atoms with Crippen molar-refractivity contribution in [3.05, 3.63) is 72.2 Å². The van der Waals surface area contributed by atoms with Crippen molar-refractivity contribution in [1.82, 2.24) is 9.97 Å². The molecular formula is C22H24FN5O. The summed E-state index contributed by atoms with van der Waals surface area (Å²) in [6, 6.07) is 16.7. The number of benzene rings is 2. The second-order valence-electron chi connectivity index (χ2n) is 6.83. The molecule has 2 heterocycles. The first-order valence-electron chi connectivity index (χ1n) is 9.68. The van der Waals surface area contributed by atoms with E-state index < -0.39 is 0 Å². The smallest absolute Gasteiger partial charge is 0.224 e. The Hall–Kier alpha value is -3.35. The lowest BCUT2D eigenvalue weighted by atomic mass is 10.2. The number of hydrogen-bond acceptors (Lipinski definition) is 6. The fourth-order valence-corrected chi connectivity index (χ4v) is 3.52. The van der Waals surface area contributed by atoms with E-state index in [1.165, 1.54) is 6.07 Å². The number of ether oxygens (including phenoxy) is 1. The minimum absolute atomic E-state index is 0.175. The average Bonchev–Trinajstić information content (AvgIpc) is 2.78. The van der Waals surface area contributed by atoms with Gasteiger partial charge in [0.2, 0.25) is 5.95 Å². The van der Waals surface area contributed by atoms with Crippen LogP contribution >= 0.6 is 0 Å². The maximum Gasteiger partial charge on any atom is 0.224 e. The molecule has 150 valence electrons. The van der Waals surface area contributed by atoms with Crippen molar-refractivity contribution in [3.63, 3.8) is 0 Å². The fraction of sp³-hybridized carbons (Fsp3) is 0.273. The number of nitrogens with zero attached hydrogens (tertiary/aromatic N) is 4. The second kappa shape index (κ2) is 8.77. The Morgan fingerprint density at radius 2 is 1.69 bits per heavy atom. The molecule has 0 unspecified atom stereocenters. The molecule has 0 atom stereocenters. The molecule has 1 N–H and O–H groups in total. The van der Waals surface area contributed by atoms with Gasteiger partial charge in [-0.25, -0.2) is 9.37 Å². The van der Waals surface area contributed by atoms with E-state index in [1.807, 2.05) is 42.5 Å². The third-order valence-corrected chi connectivity index (χ3v) is 5.07. The lowest BCUT2D eigenvalue weighted by molar-refractivity contribution is 0.410. The van der Waals surface area contributed by atoms with E-state index >= 15 is 0 Å². The van der Waals surface area contributed by atoms with E-state index in [1.54, 1.807) is 19.4 Å². The highest BCUT2D eigenvalue weighted by molar-refractivity contribution is 5.51.